The van der Waals surface area contributed by atoms with Gasteiger partial charge in [0.05, 0.1) is 4.92 Å². The van der Waals surface area contributed by atoms with Gasteiger partial charge in [-0.25, -0.2) is 0 Å². The van der Waals surface area contributed by atoms with Crippen LogP contribution in [-0.2, 0) is 19.9 Å². The Kier molecular flexibility index (Phi) is 4.62. The van der Waals surface area contributed by atoms with Crippen molar-refractivity contribution >= 4 is 5.69 Å². The zero-order chi connectivity index (χ0) is 13.0. The largest absolute Gasteiger partial charge is 0.317 e. The average Bonchev–Trinajstić information content (AvgIpc) is 2.56. The number of hydrogen-bond donors (Lipinski definition) is 1. The predicted octanol–water partition coefficient (Wildman–Crippen LogP) is 1.43. The van der Waals surface area contributed by atoms with Crippen LogP contribution in [0.2, 0.25) is 0 Å². The first kappa shape index (κ1) is 13.6. The molecule has 0 bridgehead atoms. The van der Waals surface area contributed by atoms with E-state index in [0.717, 1.165) is 6.42 Å². The summed E-state index contributed by atoms with van der Waals surface area (Å²) < 4.78 is 1.64. The van der Waals surface area contributed by atoms with Gasteiger partial charge >= 0.3 is 5.69 Å². The molecule has 0 fully saturated rings. The summed E-state index contributed by atoms with van der Waals surface area (Å²) in [5, 5.41) is 18.5. The Morgan fingerprint density at radius 3 is 2.71 bits per heavy atom. The molecule has 0 aromatic carbocycles. The van der Waals surface area contributed by atoms with Crippen molar-refractivity contribution in [1.82, 2.24) is 15.1 Å². The molecule has 6 heteroatoms. The lowest BCUT2D eigenvalue weighted by Crippen LogP contribution is -2.25. The van der Waals surface area contributed by atoms with Gasteiger partial charge in [-0.3, -0.25) is 14.8 Å². The topological polar surface area (TPSA) is 73.0 Å². The van der Waals surface area contributed by atoms with E-state index >= 15 is 0 Å². The Labute approximate surface area is 101 Å². The number of nitrogens with zero attached hydrogens (tertiary/aromatic N) is 3. The van der Waals surface area contributed by atoms with E-state index in [4.69, 9.17) is 0 Å². The summed E-state index contributed by atoms with van der Waals surface area (Å²) >= 11 is 0. The van der Waals surface area contributed by atoms with Crippen LogP contribution in [0.25, 0.3) is 0 Å². The van der Waals surface area contributed by atoms with Crippen molar-refractivity contribution in [2.24, 2.45) is 7.05 Å². The highest BCUT2D eigenvalue weighted by Crippen LogP contribution is 2.25. The highest BCUT2D eigenvalue weighted by Gasteiger charge is 2.26. The van der Waals surface area contributed by atoms with Gasteiger partial charge in [-0.2, -0.15) is 5.10 Å². The Morgan fingerprint density at radius 2 is 2.24 bits per heavy atom. The smallest absolute Gasteiger partial charge is 0.313 e. The summed E-state index contributed by atoms with van der Waals surface area (Å²) in [6.07, 6.45) is 2.12. The van der Waals surface area contributed by atoms with E-state index in [9.17, 15) is 10.1 Å². The van der Waals surface area contributed by atoms with E-state index in [1.807, 2.05) is 20.9 Å². The maximum absolute atomic E-state index is 11.1. The van der Waals surface area contributed by atoms with Crippen LogP contribution in [0.3, 0.4) is 0 Å². The molecule has 96 valence electrons. The molecule has 1 aromatic rings. The fourth-order valence-electron chi connectivity index (χ4n) is 1.85. The molecule has 1 N–H and O–H groups in total. The molecule has 0 aliphatic rings. The minimum atomic E-state index is -0.310. The minimum absolute atomic E-state index is 0.191. The molecular weight excluding hydrogens is 220 g/mol. The molecule has 0 aliphatic heterocycles. The quantitative estimate of drug-likeness (QED) is 0.603. The summed E-state index contributed by atoms with van der Waals surface area (Å²) in [4.78, 5) is 10.8. The monoisotopic (exact) mass is 240 g/mol. The second-order valence-corrected chi connectivity index (χ2v) is 4.27. The molecule has 1 atom stereocenters. The van der Waals surface area contributed by atoms with Gasteiger partial charge in [0, 0.05) is 19.5 Å². The number of hydrogen-bond acceptors (Lipinski definition) is 4. The van der Waals surface area contributed by atoms with Crippen LogP contribution in [0, 0.1) is 10.1 Å². The average molecular weight is 240 g/mol. The predicted molar refractivity (Wildman–Crippen MR) is 66.1 cm³/mol. The van der Waals surface area contributed by atoms with Crippen molar-refractivity contribution in [2.75, 3.05) is 7.05 Å². The SMILES string of the molecule is CCCc1nn(C)c(CC(C)NC)c1[N+](=O)[O-]. The molecule has 0 aliphatic carbocycles. The fraction of sp³-hybridized carbons (Fsp3) is 0.727. The van der Waals surface area contributed by atoms with E-state index in [-0.39, 0.29) is 16.7 Å². The molecule has 1 heterocycles. The van der Waals surface area contributed by atoms with E-state index in [1.54, 1.807) is 11.7 Å². The van der Waals surface area contributed by atoms with Crippen molar-refractivity contribution in [2.45, 2.75) is 39.2 Å². The van der Waals surface area contributed by atoms with Crippen molar-refractivity contribution in [1.29, 1.82) is 0 Å². The van der Waals surface area contributed by atoms with Crippen LogP contribution in [0.15, 0.2) is 0 Å². The third-order valence-corrected chi connectivity index (χ3v) is 2.87. The van der Waals surface area contributed by atoms with Gasteiger partial charge in [0.25, 0.3) is 0 Å². The first-order valence-corrected chi connectivity index (χ1v) is 5.87. The second kappa shape index (κ2) is 5.77. The van der Waals surface area contributed by atoms with Crippen LogP contribution < -0.4 is 5.32 Å². The molecule has 0 amide bonds. The zero-order valence-corrected chi connectivity index (χ0v) is 10.9. The van der Waals surface area contributed by atoms with Crippen LogP contribution in [0.4, 0.5) is 5.69 Å². The number of aryl methyl sites for hydroxylation is 2. The Balaban J connectivity index is 3.13. The van der Waals surface area contributed by atoms with E-state index in [1.165, 1.54) is 0 Å². The number of nitro groups is 1. The lowest BCUT2D eigenvalue weighted by molar-refractivity contribution is -0.386. The highest BCUT2D eigenvalue weighted by atomic mass is 16.6. The number of aromatic nitrogens is 2. The van der Waals surface area contributed by atoms with E-state index < -0.39 is 0 Å². The van der Waals surface area contributed by atoms with Gasteiger partial charge in [0.2, 0.25) is 0 Å². The number of rotatable bonds is 6. The van der Waals surface area contributed by atoms with Crippen molar-refractivity contribution < 1.29 is 4.92 Å². The first-order chi connectivity index (χ1) is 8.01. The number of nitrogens with one attached hydrogen (secondary N) is 1. The third kappa shape index (κ3) is 3.03. The van der Waals surface area contributed by atoms with Gasteiger partial charge in [0.15, 0.2) is 0 Å². The lowest BCUT2D eigenvalue weighted by Gasteiger charge is -2.09. The van der Waals surface area contributed by atoms with Crippen molar-refractivity contribution in [3.05, 3.63) is 21.5 Å². The Morgan fingerprint density at radius 1 is 1.59 bits per heavy atom. The third-order valence-electron chi connectivity index (χ3n) is 2.87. The highest BCUT2D eigenvalue weighted by molar-refractivity contribution is 5.41. The van der Waals surface area contributed by atoms with Crippen molar-refractivity contribution in [3.63, 3.8) is 0 Å². The minimum Gasteiger partial charge on any atom is -0.317 e. The summed E-state index contributed by atoms with van der Waals surface area (Å²) in [6, 6.07) is 0.193. The molecule has 1 aromatic heterocycles. The summed E-state index contributed by atoms with van der Waals surface area (Å²) in [5.74, 6) is 0. The molecule has 1 rings (SSSR count). The van der Waals surface area contributed by atoms with Crippen LogP contribution in [0.1, 0.15) is 31.7 Å². The molecule has 17 heavy (non-hydrogen) atoms. The molecule has 0 saturated carbocycles. The first-order valence-electron chi connectivity index (χ1n) is 5.87. The Hall–Kier alpha value is -1.43. The van der Waals surface area contributed by atoms with E-state index in [2.05, 4.69) is 10.4 Å². The van der Waals surface area contributed by atoms with Crippen LogP contribution in [-0.4, -0.2) is 27.8 Å². The number of likely N-dealkylation sites (N-methyl/N-ethyl adjacent to an activating group) is 1. The maximum atomic E-state index is 11.1. The molecule has 6 nitrogen and oxygen atoms in total. The fourth-order valence-corrected chi connectivity index (χ4v) is 1.85. The van der Waals surface area contributed by atoms with Gasteiger partial charge < -0.3 is 5.32 Å². The van der Waals surface area contributed by atoms with Gasteiger partial charge in [-0.15, -0.1) is 0 Å². The molecular formula is C11H20N4O2. The van der Waals surface area contributed by atoms with E-state index in [0.29, 0.717) is 24.2 Å². The van der Waals surface area contributed by atoms with Gasteiger partial charge in [0.1, 0.15) is 11.4 Å². The zero-order valence-electron chi connectivity index (χ0n) is 10.9. The molecule has 1 unspecified atom stereocenters. The van der Waals surface area contributed by atoms with Crippen LogP contribution >= 0.6 is 0 Å². The summed E-state index contributed by atoms with van der Waals surface area (Å²) in [7, 11) is 3.61. The molecule has 0 spiro atoms. The lowest BCUT2D eigenvalue weighted by atomic mass is 10.1. The van der Waals surface area contributed by atoms with Gasteiger partial charge in [-0.05, 0) is 20.4 Å². The second-order valence-electron chi connectivity index (χ2n) is 4.27. The standard InChI is InChI=1S/C11H20N4O2/c1-5-6-9-11(15(16)17)10(14(4)13-9)7-8(2)12-3/h8,12H,5-7H2,1-4H3. The Bertz CT molecular complexity index is 400. The maximum Gasteiger partial charge on any atom is 0.313 e. The molecule has 0 saturated heterocycles. The summed E-state index contributed by atoms with van der Waals surface area (Å²) in [6.45, 7) is 3.99. The normalized spacial score (nSPS) is 12.7. The molecule has 0 radical (unpaired) electrons. The van der Waals surface area contributed by atoms with Crippen LogP contribution in [0.5, 0.6) is 0 Å². The van der Waals surface area contributed by atoms with Crippen molar-refractivity contribution in [3.8, 4) is 0 Å². The summed E-state index contributed by atoms with van der Waals surface area (Å²) in [5.41, 5.74) is 1.48. The van der Waals surface area contributed by atoms with Gasteiger partial charge in [-0.1, -0.05) is 13.3 Å².